The van der Waals surface area contributed by atoms with Crippen molar-refractivity contribution in [2.24, 2.45) is 0 Å². The molecule has 1 N–H and O–H groups in total. The first-order valence-corrected chi connectivity index (χ1v) is 14.4. The molecule has 0 radical (unpaired) electrons. The van der Waals surface area contributed by atoms with E-state index in [2.05, 4.69) is 30.8 Å². The Bertz CT molecular complexity index is 2000. The van der Waals surface area contributed by atoms with Crippen molar-refractivity contribution in [3.05, 3.63) is 120 Å². The van der Waals surface area contributed by atoms with Crippen LogP contribution in [0.3, 0.4) is 0 Å². The van der Waals surface area contributed by atoms with E-state index in [1.165, 1.54) is 48.7 Å². The third-order valence-electron chi connectivity index (χ3n) is 6.97. The quantitative estimate of drug-likeness (QED) is 0.109. The third-order valence-corrected chi connectivity index (χ3v) is 7.48. The summed E-state index contributed by atoms with van der Waals surface area (Å²) in [5, 5.41) is 28.3. The van der Waals surface area contributed by atoms with Crippen molar-refractivity contribution in [2.75, 3.05) is 0 Å². The number of hydrogen-bond acceptors (Lipinski definition) is 9. The Balaban J connectivity index is 1.46. The number of amides is 1. The van der Waals surface area contributed by atoms with Gasteiger partial charge in [-0.25, -0.2) is 9.67 Å². The molecule has 0 saturated carbocycles. The maximum Gasteiger partial charge on any atom is 0.455 e. The lowest BCUT2D eigenvalue weighted by atomic mass is 9.95. The van der Waals surface area contributed by atoms with Gasteiger partial charge in [0.1, 0.15) is 12.2 Å². The number of non-ortho nitro benzene ring substituents is 1. The zero-order valence-electron chi connectivity index (χ0n) is 24.4. The molecule has 3 heterocycles. The van der Waals surface area contributed by atoms with Crippen molar-refractivity contribution in [3.63, 3.8) is 0 Å². The number of ketones is 1. The van der Waals surface area contributed by atoms with Crippen molar-refractivity contribution in [1.29, 1.82) is 0 Å². The van der Waals surface area contributed by atoms with E-state index in [1.54, 1.807) is 26.0 Å². The van der Waals surface area contributed by atoms with Gasteiger partial charge in [0.2, 0.25) is 0 Å². The summed E-state index contributed by atoms with van der Waals surface area (Å²) in [5.74, 6) is -2.44. The molecule has 0 saturated heterocycles. The number of pyridine rings is 1. The zero-order chi connectivity index (χ0) is 34.0. The summed E-state index contributed by atoms with van der Waals surface area (Å²) in [6.07, 6.45) is -3.70. The monoisotopic (exact) mass is 687 g/mol. The van der Waals surface area contributed by atoms with Gasteiger partial charge in [0.15, 0.2) is 11.6 Å². The predicted octanol–water partition coefficient (Wildman–Crippen LogP) is 5.76. The molecule has 1 atom stereocenters. The number of tetrazole rings is 1. The number of halogens is 5. The number of carbonyl (C=O) groups excluding carboxylic acids is 2. The van der Waals surface area contributed by atoms with E-state index in [0.717, 1.165) is 4.68 Å². The van der Waals surface area contributed by atoms with Crippen molar-refractivity contribution >= 4 is 40.6 Å². The number of nitrogens with one attached hydrogen (secondary N) is 1. The number of aromatic nitrogens is 7. The highest BCUT2D eigenvalue weighted by Crippen LogP contribution is 2.27. The van der Waals surface area contributed by atoms with Crippen LogP contribution in [0.25, 0.3) is 5.82 Å². The van der Waals surface area contributed by atoms with Gasteiger partial charge in [-0.1, -0.05) is 35.3 Å². The fourth-order valence-corrected chi connectivity index (χ4v) is 5.15. The Morgan fingerprint density at radius 3 is 2.45 bits per heavy atom. The second kappa shape index (κ2) is 13.3. The number of alkyl halides is 3. The molecule has 0 fully saturated rings. The number of hydrogen-bond donors (Lipinski definition) is 1. The minimum atomic E-state index is -4.81. The van der Waals surface area contributed by atoms with Crippen LogP contribution in [0.1, 0.15) is 62.0 Å². The lowest BCUT2D eigenvalue weighted by Crippen LogP contribution is -2.28. The van der Waals surface area contributed by atoms with E-state index < -0.39 is 34.7 Å². The van der Waals surface area contributed by atoms with Gasteiger partial charge in [-0.05, 0) is 66.1 Å². The number of aryl methyl sites for hydroxylation is 1. The third kappa shape index (κ3) is 7.44. The fraction of sp³-hybridized carbons (Fsp3) is 0.207. The van der Waals surface area contributed by atoms with Gasteiger partial charge in [0.25, 0.3) is 17.4 Å². The number of carbonyl (C=O) groups is 2. The molecule has 5 rings (SSSR count). The van der Waals surface area contributed by atoms with Gasteiger partial charge >= 0.3 is 6.18 Å². The standard InChI is InChI=1S/C29H22Cl2F3N9O4/c1-15-10-18(30)11-22(27(45)36-16(2)17-5-7-20(8-6-17)43(46)47)21(15)13-25(44)24-12-19(14-41-39-28(37-40-41)29(32,33)34)38-42(24)26-23(31)4-3-9-35-26/h3-12,16H,13-14H2,1-2H3,(H,36,45)/t16-/m0/s1. The lowest BCUT2D eigenvalue weighted by Gasteiger charge is -2.18. The Labute approximate surface area is 273 Å². The van der Waals surface area contributed by atoms with E-state index in [0.29, 0.717) is 21.5 Å². The molecule has 3 aromatic heterocycles. The van der Waals surface area contributed by atoms with E-state index in [1.807, 2.05) is 0 Å². The smallest absolute Gasteiger partial charge is 0.346 e. The van der Waals surface area contributed by atoms with Gasteiger partial charge in [-0.2, -0.15) is 23.1 Å². The number of nitro benzene ring substituents is 1. The van der Waals surface area contributed by atoms with E-state index >= 15 is 0 Å². The average molecular weight is 688 g/mol. The highest BCUT2D eigenvalue weighted by atomic mass is 35.5. The van der Waals surface area contributed by atoms with Gasteiger partial charge in [-0.15, -0.1) is 10.2 Å². The molecule has 5 aromatic rings. The number of benzene rings is 2. The van der Waals surface area contributed by atoms with Crippen molar-refractivity contribution < 1.29 is 27.7 Å². The average Bonchev–Trinajstić information content (AvgIpc) is 3.66. The molecule has 2 aromatic carbocycles. The van der Waals surface area contributed by atoms with Crippen LogP contribution in [0, 0.1) is 17.0 Å². The SMILES string of the molecule is Cc1cc(Cl)cc(C(=O)N[C@@H](C)c2ccc([N+](=O)[O-])cc2)c1CC(=O)c1cc(Cn2nnc(C(F)(F)F)n2)nn1-c1ncccc1Cl. The Kier molecular flexibility index (Phi) is 9.35. The molecule has 0 aliphatic carbocycles. The van der Waals surface area contributed by atoms with Crippen LogP contribution in [0.15, 0.2) is 60.8 Å². The molecule has 13 nitrogen and oxygen atoms in total. The molecule has 0 spiro atoms. The van der Waals surface area contributed by atoms with E-state index in [-0.39, 0.29) is 51.5 Å². The second-order valence-electron chi connectivity index (χ2n) is 10.3. The van der Waals surface area contributed by atoms with Gasteiger partial charge in [-0.3, -0.25) is 19.7 Å². The summed E-state index contributed by atoms with van der Waals surface area (Å²) >= 11 is 12.6. The summed E-state index contributed by atoms with van der Waals surface area (Å²) in [6, 6.07) is 12.6. The van der Waals surface area contributed by atoms with Crippen LogP contribution >= 0.6 is 23.2 Å². The van der Waals surface area contributed by atoms with Gasteiger partial charge in [0.05, 0.1) is 21.7 Å². The molecule has 0 aliphatic heterocycles. The second-order valence-corrected chi connectivity index (χ2v) is 11.1. The van der Waals surface area contributed by atoms with Crippen LogP contribution in [-0.4, -0.2) is 51.6 Å². The van der Waals surface area contributed by atoms with E-state index in [4.69, 9.17) is 23.2 Å². The number of rotatable bonds is 10. The molecular weight excluding hydrogens is 666 g/mol. The summed E-state index contributed by atoms with van der Waals surface area (Å²) in [5.41, 5.74) is 1.57. The molecule has 0 bridgehead atoms. The van der Waals surface area contributed by atoms with Crippen molar-refractivity contribution in [1.82, 2.24) is 40.3 Å². The number of nitro groups is 1. The normalized spacial score (nSPS) is 12.1. The number of Topliss-reactive ketones (excluding diaryl/α,β-unsaturated/α-hetero) is 1. The van der Waals surface area contributed by atoms with Crippen molar-refractivity contribution in [3.8, 4) is 5.82 Å². The topological polar surface area (TPSA) is 164 Å². The maximum atomic E-state index is 13.9. The molecule has 47 heavy (non-hydrogen) atoms. The lowest BCUT2D eigenvalue weighted by molar-refractivity contribution is -0.384. The first kappa shape index (κ1) is 33.2. The van der Waals surface area contributed by atoms with Gasteiger partial charge < -0.3 is 5.32 Å². The molecule has 1 amide bonds. The Morgan fingerprint density at radius 1 is 1.09 bits per heavy atom. The Morgan fingerprint density at radius 2 is 1.81 bits per heavy atom. The summed E-state index contributed by atoms with van der Waals surface area (Å²) in [4.78, 5) is 42.8. The predicted molar refractivity (Wildman–Crippen MR) is 161 cm³/mol. The van der Waals surface area contributed by atoms with Crippen LogP contribution < -0.4 is 5.32 Å². The van der Waals surface area contributed by atoms with E-state index in [9.17, 15) is 32.9 Å². The fourth-order valence-electron chi connectivity index (χ4n) is 4.67. The minimum absolute atomic E-state index is 0.0308. The van der Waals surface area contributed by atoms with Crippen LogP contribution in [0.2, 0.25) is 10.0 Å². The first-order chi connectivity index (χ1) is 22.2. The zero-order valence-corrected chi connectivity index (χ0v) is 25.9. The number of nitrogens with zero attached hydrogens (tertiary/aromatic N) is 8. The summed E-state index contributed by atoms with van der Waals surface area (Å²) in [7, 11) is 0. The maximum absolute atomic E-state index is 13.9. The highest BCUT2D eigenvalue weighted by Gasteiger charge is 2.37. The molecule has 0 aliphatic rings. The first-order valence-electron chi connectivity index (χ1n) is 13.6. The molecular formula is C29H22Cl2F3N9O4. The van der Waals surface area contributed by atoms with Crippen molar-refractivity contribution in [2.45, 2.75) is 39.0 Å². The molecule has 242 valence electrons. The van der Waals surface area contributed by atoms with Crippen LogP contribution in [0.5, 0.6) is 0 Å². The molecule has 0 unspecified atom stereocenters. The Hall–Kier alpha value is -5.22. The summed E-state index contributed by atoms with van der Waals surface area (Å²) < 4.78 is 40.2. The highest BCUT2D eigenvalue weighted by molar-refractivity contribution is 6.32. The largest absolute Gasteiger partial charge is 0.455 e. The minimum Gasteiger partial charge on any atom is -0.346 e. The van der Waals surface area contributed by atoms with Crippen LogP contribution in [-0.2, 0) is 19.1 Å². The van der Waals surface area contributed by atoms with Crippen LogP contribution in [0.4, 0.5) is 18.9 Å². The molecule has 18 heteroatoms. The summed E-state index contributed by atoms with van der Waals surface area (Å²) in [6.45, 7) is 3.01. The van der Waals surface area contributed by atoms with Gasteiger partial charge in [0, 0.05) is 35.3 Å².